The van der Waals surface area contributed by atoms with E-state index in [0.29, 0.717) is 24.0 Å². The van der Waals surface area contributed by atoms with Gasteiger partial charge in [0.05, 0.1) is 0 Å². The minimum absolute atomic E-state index is 0.440. The standard InChI is InChI=1S/C26H22N4O2/c27-25(31)20-3-1-19(2-4-20)21-5-6-22(26(28)32)24(16-18-9-13-30-14-10-18)23(21)15-17-7-11-29-12-8-17/h1-14H,15-16H2,(H2,27,31)(H2,28,32). The van der Waals surface area contributed by atoms with Gasteiger partial charge < -0.3 is 11.5 Å². The molecule has 0 bridgehead atoms. The van der Waals surface area contributed by atoms with Crippen LogP contribution in [0, 0.1) is 0 Å². The Morgan fingerprint density at radius 2 is 1.16 bits per heavy atom. The number of hydrogen-bond acceptors (Lipinski definition) is 4. The second-order valence-corrected chi connectivity index (χ2v) is 7.49. The Bertz CT molecular complexity index is 1250. The Kier molecular flexibility index (Phi) is 6.03. The van der Waals surface area contributed by atoms with Gasteiger partial charge in [0.1, 0.15) is 0 Å². The van der Waals surface area contributed by atoms with Gasteiger partial charge in [-0.3, -0.25) is 19.6 Å². The number of primary amides is 2. The van der Waals surface area contributed by atoms with E-state index in [1.54, 1.807) is 43.0 Å². The van der Waals surface area contributed by atoms with E-state index in [4.69, 9.17) is 11.5 Å². The predicted octanol–water partition coefficient (Wildman–Crippen LogP) is 3.52. The van der Waals surface area contributed by atoms with E-state index in [9.17, 15) is 9.59 Å². The van der Waals surface area contributed by atoms with Crippen LogP contribution in [0.5, 0.6) is 0 Å². The smallest absolute Gasteiger partial charge is 0.248 e. The van der Waals surface area contributed by atoms with Gasteiger partial charge in [0.2, 0.25) is 11.8 Å². The second kappa shape index (κ2) is 9.22. The molecular weight excluding hydrogens is 400 g/mol. The quantitative estimate of drug-likeness (QED) is 0.474. The Hall–Kier alpha value is -4.32. The van der Waals surface area contributed by atoms with Crippen LogP contribution >= 0.6 is 0 Å². The molecule has 0 fully saturated rings. The van der Waals surface area contributed by atoms with E-state index >= 15 is 0 Å². The van der Waals surface area contributed by atoms with Crippen LogP contribution in [0.25, 0.3) is 11.1 Å². The average Bonchev–Trinajstić information content (AvgIpc) is 2.81. The molecule has 0 saturated heterocycles. The lowest BCUT2D eigenvalue weighted by Crippen LogP contribution is -2.16. The number of nitrogens with two attached hydrogens (primary N) is 2. The van der Waals surface area contributed by atoms with Crippen LogP contribution in [-0.2, 0) is 12.8 Å². The normalized spacial score (nSPS) is 10.6. The third-order valence-electron chi connectivity index (χ3n) is 5.44. The molecule has 4 rings (SSSR count). The average molecular weight is 422 g/mol. The zero-order chi connectivity index (χ0) is 22.5. The fourth-order valence-electron chi connectivity index (χ4n) is 3.82. The SMILES string of the molecule is NC(=O)c1ccc(-c2ccc(C(N)=O)c(Cc3ccncc3)c2Cc2ccncc2)cc1. The number of aromatic nitrogens is 2. The molecule has 2 amide bonds. The number of rotatable bonds is 7. The third kappa shape index (κ3) is 4.54. The first-order chi connectivity index (χ1) is 15.5. The molecule has 0 saturated carbocycles. The maximum Gasteiger partial charge on any atom is 0.248 e. The number of nitrogens with zero attached hydrogens (tertiary/aromatic N) is 2. The molecular formula is C26H22N4O2. The van der Waals surface area contributed by atoms with E-state index in [2.05, 4.69) is 9.97 Å². The van der Waals surface area contributed by atoms with E-state index in [1.807, 2.05) is 42.5 Å². The van der Waals surface area contributed by atoms with Crippen molar-refractivity contribution in [1.29, 1.82) is 0 Å². The van der Waals surface area contributed by atoms with Crippen LogP contribution in [0.2, 0.25) is 0 Å². The molecule has 158 valence electrons. The van der Waals surface area contributed by atoms with E-state index in [1.165, 1.54) is 0 Å². The summed E-state index contributed by atoms with van der Waals surface area (Å²) in [6.07, 6.45) is 8.09. The predicted molar refractivity (Wildman–Crippen MR) is 123 cm³/mol. The molecule has 32 heavy (non-hydrogen) atoms. The summed E-state index contributed by atoms with van der Waals surface area (Å²) in [6.45, 7) is 0. The summed E-state index contributed by atoms with van der Waals surface area (Å²) in [4.78, 5) is 32.0. The summed E-state index contributed by atoms with van der Waals surface area (Å²) in [6, 6.07) is 18.6. The molecule has 0 spiro atoms. The maximum absolute atomic E-state index is 12.3. The molecule has 0 unspecified atom stereocenters. The Morgan fingerprint density at radius 3 is 1.66 bits per heavy atom. The molecule has 0 aliphatic rings. The summed E-state index contributed by atoms with van der Waals surface area (Å²) in [5, 5.41) is 0. The van der Waals surface area contributed by atoms with Crippen molar-refractivity contribution in [2.45, 2.75) is 12.8 Å². The van der Waals surface area contributed by atoms with Crippen molar-refractivity contribution < 1.29 is 9.59 Å². The zero-order valence-electron chi connectivity index (χ0n) is 17.4. The van der Waals surface area contributed by atoms with Crippen molar-refractivity contribution in [3.8, 4) is 11.1 Å². The molecule has 4 aromatic rings. The van der Waals surface area contributed by atoms with Crippen LogP contribution in [0.4, 0.5) is 0 Å². The topological polar surface area (TPSA) is 112 Å². The van der Waals surface area contributed by atoms with E-state index in [-0.39, 0.29) is 0 Å². The van der Waals surface area contributed by atoms with E-state index < -0.39 is 11.8 Å². The van der Waals surface area contributed by atoms with Gasteiger partial charge in [0.15, 0.2) is 0 Å². The number of hydrogen-bond donors (Lipinski definition) is 2. The minimum atomic E-state index is -0.476. The summed E-state index contributed by atoms with van der Waals surface area (Å²) in [5.41, 5.74) is 17.9. The highest BCUT2D eigenvalue weighted by Gasteiger charge is 2.19. The number of pyridine rings is 2. The highest BCUT2D eigenvalue weighted by atomic mass is 16.1. The molecule has 0 atom stereocenters. The number of carbonyl (C=O) groups excluding carboxylic acids is 2. The number of carbonyl (C=O) groups is 2. The fourth-order valence-corrected chi connectivity index (χ4v) is 3.82. The third-order valence-corrected chi connectivity index (χ3v) is 5.44. The molecule has 4 N–H and O–H groups in total. The van der Waals surface area contributed by atoms with Crippen molar-refractivity contribution in [1.82, 2.24) is 9.97 Å². The molecule has 0 aliphatic carbocycles. The van der Waals surface area contributed by atoms with Gasteiger partial charge in [-0.25, -0.2) is 0 Å². The summed E-state index contributed by atoms with van der Waals surface area (Å²) in [7, 11) is 0. The Balaban J connectivity index is 1.91. The first-order valence-electron chi connectivity index (χ1n) is 10.2. The van der Waals surface area contributed by atoms with Crippen LogP contribution < -0.4 is 11.5 Å². The van der Waals surface area contributed by atoms with Crippen molar-refractivity contribution >= 4 is 11.8 Å². The molecule has 2 aromatic carbocycles. The van der Waals surface area contributed by atoms with Crippen molar-refractivity contribution in [3.05, 3.63) is 119 Å². The number of amides is 2. The minimum Gasteiger partial charge on any atom is -0.366 e. The van der Waals surface area contributed by atoms with Gasteiger partial charge in [-0.2, -0.15) is 0 Å². The molecule has 2 aromatic heterocycles. The van der Waals surface area contributed by atoms with Crippen LogP contribution in [0.15, 0.2) is 85.5 Å². The van der Waals surface area contributed by atoms with Gasteiger partial charge >= 0.3 is 0 Å². The molecule has 6 heteroatoms. The summed E-state index contributed by atoms with van der Waals surface area (Å²) >= 11 is 0. The first-order valence-corrected chi connectivity index (χ1v) is 10.2. The molecule has 0 radical (unpaired) electrons. The lowest BCUT2D eigenvalue weighted by Gasteiger charge is -2.19. The zero-order valence-corrected chi connectivity index (χ0v) is 17.4. The first kappa shape index (κ1) is 20.9. The maximum atomic E-state index is 12.3. The Morgan fingerprint density at radius 1 is 0.625 bits per heavy atom. The van der Waals surface area contributed by atoms with Gasteiger partial charge in [-0.15, -0.1) is 0 Å². The lowest BCUT2D eigenvalue weighted by molar-refractivity contribution is 0.0991. The van der Waals surface area contributed by atoms with Gasteiger partial charge in [-0.05, 0) is 88.7 Å². The Labute approximate surface area is 186 Å². The van der Waals surface area contributed by atoms with Crippen LogP contribution in [-0.4, -0.2) is 21.8 Å². The van der Waals surface area contributed by atoms with Crippen molar-refractivity contribution in [3.63, 3.8) is 0 Å². The van der Waals surface area contributed by atoms with Gasteiger partial charge in [-0.1, -0.05) is 18.2 Å². The highest BCUT2D eigenvalue weighted by molar-refractivity contribution is 5.96. The van der Waals surface area contributed by atoms with Gasteiger partial charge in [0, 0.05) is 35.9 Å². The lowest BCUT2D eigenvalue weighted by atomic mass is 9.85. The number of benzene rings is 2. The highest BCUT2D eigenvalue weighted by Crippen LogP contribution is 2.32. The second-order valence-electron chi connectivity index (χ2n) is 7.49. The monoisotopic (exact) mass is 422 g/mol. The summed E-state index contributed by atoms with van der Waals surface area (Å²) < 4.78 is 0. The van der Waals surface area contributed by atoms with Crippen molar-refractivity contribution in [2.75, 3.05) is 0 Å². The molecule has 0 aliphatic heterocycles. The fraction of sp³-hybridized carbons (Fsp3) is 0.0769. The van der Waals surface area contributed by atoms with Crippen molar-refractivity contribution in [2.24, 2.45) is 11.5 Å². The van der Waals surface area contributed by atoms with Crippen LogP contribution in [0.3, 0.4) is 0 Å². The summed E-state index contributed by atoms with van der Waals surface area (Å²) in [5.74, 6) is -0.948. The van der Waals surface area contributed by atoms with Crippen LogP contribution in [0.1, 0.15) is 43.0 Å². The largest absolute Gasteiger partial charge is 0.366 e. The molecule has 2 heterocycles. The molecule has 6 nitrogen and oxygen atoms in total. The van der Waals surface area contributed by atoms with Gasteiger partial charge in [0.25, 0.3) is 0 Å². The van der Waals surface area contributed by atoms with E-state index in [0.717, 1.165) is 33.4 Å².